The number of unbranched alkanes of at least 4 members (excludes halogenated alkanes) is 1. The molecule has 0 bridgehead atoms. The summed E-state index contributed by atoms with van der Waals surface area (Å²) in [6, 6.07) is 0.428. The van der Waals surface area contributed by atoms with Crippen molar-refractivity contribution in [3.63, 3.8) is 0 Å². The maximum absolute atomic E-state index is 12.3. The molecule has 5 nitrogen and oxygen atoms in total. The highest BCUT2D eigenvalue weighted by atomic mass is 35.5. The second kappa shape index (κ2) is 7.77. The summed E-state index contributed by atoms with van der Waals surface area (Å²) in [7, 11) is 0. The van der Waals surface area contributed by atoms with Crippen LogP contribution in [0.15, 0.2) is 12.3 Å². The molecule has 0 aliphatic heterocycles. The zero-order valence-electron chi connectivity index (χ0n) is 12.4. The molecule has 2 aromatic rings. The van der Waals surface area contributed by atoms with Gasteiger partial charge in [0.25, 0.3) is 0 Å². The number of alkyl halides is 3. The first-order valence-electron chi connectivity index (χ1n) is 7.16. The van der Waals surface area contributed by atoms with Crippen molar-refractivity contribution >= 4 is 34.2 Å². The average molecular weight is 383 g/mol. The lowest BCUT2D eigenvalue weighted by atomic mass is 10.0. The van der Waals surface area contributed by atoms with Gasteiger partial charge in [0.05, 0.1) is 5.52 Å². The molecule has 0 aromatic carbocycles. The summed E-state index contributed by atoms with van der Waals surface area (Å²) in [4.78, 5) is 12.0. The molecule has 132 valence electrons. The fourth-order valence-corrected chi connectivity index (χ4v) is 2.69. The van der Waals surface area contributed by atoms with Gasteiger partial charge >= 0.3 is 6.18 Å². The molecule has 0 aliphatic carbocycles. The molecule has 0 unspecified atom stereocenters. The van der Waals surface area contributed by atoms with E-state index in [0.29, 0.717) is 30.3 Å². The molecule has 0 radical (unpaired) electrons. The summed E-state index contributed by atoms with van der Waals surface area (Å²) in [5.41, 5.74) is 7.14. The summed E-state index contributed by atoms with van der Waals surface area (Å²) in [6.45, 7) is 0. The van der Waals surface area contributed by atoms with E-state index in [9.17, 15) is 13.2 Å². The van der Waals surface area contributed by atoms with Crippen LogP contribution in [0.3, 0.4) is 0 Å². The second-order valence-corrected chi connectivity index (χ2v) is 6.09. The fourth-order valence-electron chi connectivity index (χ4n) is 2.24. The van der Waals surface area contributed by atoms with Crippen LogP contribution in [0.5, 0.6) is 0 Å². The van der Waals surface area contributed by atoms with Gasteiger partial charge in [-0.25, -0.2) is 9.97 Å². The number of aryl methyl sites for hydroxylation is 1. The highest BCUT2D eigenvalue weighted by Crippen LogP contribution is 2.24. The molecule has 2 heterocycles. The maximum atomic E-state index is 12.3. The number of aliphatic hydroxyl groups is 1. The smallest absolute Gasteiger partial charge is 0.382 e. The molecule has 2 aromatic heterocycles. The molecule has 0 fully saturated rings. The minimum absolute atomic E-state index is 0.0126. The molecule has 0 amide bonds. The summed E-state index contributed by atoms with van der Waals surface area (Å²) in [5.74, 6) is 0. The Bertz CT molecular complexity index is 714. The summed E-state index contributed by atoms with van der Waals surface area (Å²) < 4.78 is 36.9. The topological polar surface area (TPSA) is 84.9 Å². The van der Waals surface area contributed by atoms with Crippen LogP contribution >= 0.6 is 23.2 Å². The lowest BCUT2D eigenvalue weighted by Crippen LogP contribution is -2.44. The minimum Gasteiger partial charge on any atom is -0.382 e. The number of nitrogens with two attached hydrogens (primary N) is 1. The summed E-state index contributed by atoms with van der Waals surface area (Å²) in [6.07, 6.45) is -3.90. The summed E-state index contributed by atoms with van der Waals surface area (Å²) >= 11 is 11.7. The average Bonchev–Trinajstić information content (AvgIpc) is 2.49. The van der Waals surface area contributed by atoms with Gasteiger partial charge in [-0.2, -0.15) is 13.2 Å². The molecule has 10 heteroatoms. The number of hydrogen-bond donors (Lipinski definition) is 2. The zero-order valence-corrected chi connectivity index (χ0v) is 13.9. The standard InChI is InChI=1S/C14H15Cl2F3N4O/c15-12-10-9(22-13(16)23-12)5-7(6-21-10)3-1-2-4-8(20)11(24)14(17,18)19/h5-6,8,11,24H,1-4,20H2/t8-,11-/m1/s1. The van der Waals surface area contributed by atoms with Gasteiger partial charge in [0.15, 0.2) is 11.3 Å². The number of fused-ring (bicyclic) bond motifs is 1. The maximum Gasteiger partial charge on any atom is 0.415 e. The minimum atomic E-state index is -4.69. The van der Waals surface area contributed by atoms with Gasteiger partial charge in [0.1, 0.15) is 5.52 Å². The predicted octanol–water partition coefficient (Wildman–Crippen LogP) is 3.29. The van der Waals surface area contributed by atoms with Gasteiger partial charge < -0.3 is 10.8 Å². The van der Waals surface area contributed by atoms with Crippen LogP contribution in [0.1, 0.15) is 24.8 Å². The molecular weight excluding hydrogens is 368 g/mol. The first-order valence-corrected chi connectivity index (χ1v) is 7.92. The molecule has 24 heavy (non-hydrogen) atoms. The lowest BCUT2D eigenvalue weighted by molar-refractivity contribution is -0.210. The first kappa shape index (κ1) is 19.1. The van der Waals surface area contributed by atoms with Crippen LogP contribution in [-0.4, -0.2) is 38.4 Å². The highest BCUT2D eigenvalue weighted by Gasteiger charge is 2.41. The van der Waals surface area contributed by atoms with E-state index in [1.807, 2.05) is 0 Å². The Labute approximate surface area is 146 Å². The van der Waals surface area contributed by atoms with Gasteiger partial charge in [-0.05, 0) is 42.5 Å². The van der Waals surface area contributed by atoms with E-state index >= 15 is 0 Å². The Hall–Kier alpha value is -1.22. The zero-order chi connectivity index (χ0) is 17.9. The van der Waals surface area contributed by atoms with Crippen molar-refractivity contribution in [3.8, 4) is 0 Å². The number of nitrogens with zero attached hydrogens (tertiary/aromatic N) is 3. The van der Waals surface area contributed by atoms with Crippen molar-refractivity contribution in [3.05, 3.63) is 28.3 Å². The molecule has 0 saturated carbocycles. The lowest BCUT2D eigenvalue weighted by Gasteiger charge is -2.21. The third kappa shape index (κ3) is 4.89. The van der Waals surface area contributed by atoms with E-state index in [2.05, 4.69) is 15.0 Å². The predicted molar refractivity (Wildman–Crippen MR) is 84.9 cm³/mol. The van der Waals surface area contributed by atoms with Crippen molar-refractivity contribution in [2.24, 2.45) is 5.73 Å². The van der Waals surface area contributed by atoms with Crippen molar-refractivity contribution in [1.82, 2.24) is 15.0 Å². The number of aliphatic hydroxyl groups excluding tert-OH is 1. The molecule has 2 rings (SSSR count). The van der Waals surface area contributed by atoms with Crippen molar-refractivity contribution in [2.75, 3.05) is 0 Å². The number of hydrogen-bond acceptors (Lipinski definition) is 5. The Morgan fingerprint density at radius 3 is 2.58 bits per heavy atom. The monoisotopic (exact) mass is 382 g/mol. The molecule has 3 N–H and O–H groups in total. The SMILES string of the molecule is N[C@H](CCCCc1cnc2c(Cl)nc(Cl)nc2c1)[C@@H](O)C(F)(F)F. The normalized spacial score (nSPS) is 14.8. The third-order valence-electron chi connectivity index (χ3n) is 3.52. The van der Waals surface area contributed by atoms with Gasteiger partial charge in [-0.1, -0.05) is 18.0 Å². The van der Waals surface area contributed by atoms with Crippen molar-refractivity contribution < 1.29 is 18.3 Å². The molecule has 0 saturated heterocycles. The van der Waals surface area contributed by atoms with Crippen LogP contribution in [0.4, 0.5) is 13.2 Å². The Morgan fingerprint density at radius 1 is 1.21 bits per heavy atom. The van der Waals surface area contributed by atoms with E-state index in [1.165, 1.54) is 0 Å². The van der Waals surface area contributed by atoms with Crippen LogP contribution < -0.4 is 5.73 Å². The quantitative estimate of drug-likeness (QED) is 0.454. The van der Waals surface area contributed by atoms with E-state index in [-0.39, 0.29) is 16.9 Å². The Kier molecular flexibility index (Phi) is 6.19. The Morgan fingerprint density at radius 2 is 1.92 bits per heavy atom. The van der Waals surface area contributed by atoms with Crippen LogP contribution in [0, 0.1) is 0 Å². The molecule has 2 atom stereocenters. The third-order valence-corrected chi connectivity index (χ3v) is 3.95. The number of aromatic nitrogens is 3. The van der Waals surface area contributed by atoms with Crippen molar-refractivity contribution in [1.29, 1.82) is 0 Å². The number of halogens is 5. The largest absolute Gasteiger partial charge is 0.415 e. The molecular formula is C14H15Cl2F3N4O. The first-order chi connectivity index (χ1) is 11.2. The number of pyridine rings is 1. The number of rotatable bonds is 6. The van der Waals surface area contributed by atoms with E-state index in [4.69, 9.17) is 34.0 Å². The van der Waals surface area contributed by atoms with E-state index in [1.54, 1.807) is 12.3 Å². The van der Waals surface area contributed by atoms with Gasteiger partial charge in [-0.15, -0.1) is 0 Å². The Balaban J connectivity index is 1.90. The fraction of sp³-hybridized carbons (Fsp3) is 0.500. The molecule has 0 aliphatic rings. The van der Waals surface area contributed by atoms with E-state index in [0.717, 1.165) is 5.56 Å². The van der Waals surface area contributed by atoms with Gasteiger partial charge in [0, 0.05) is 12.2 Å². The van der Waals surface area contributed by atoms with Crippen LogP contribution in [0.2, 0.25) is 10.4 Å². The van der Waals surface area contributed by atoms with E-state index < -0.39 is 18.3 Å². The van der Waals surface area contributed by atoms with Gasteiger partial charge in [0.2, 0.25) is 5.28 Å². The highest BCUT2D eigenvalue weighted by molar-refractivity contribution is 6.35. The van der Waals surface area contributed by atoms with Crippen LogP contribution in [-0.2, 0) is 6.42 Å². The second-order valence-electron chi connectivity index (χ2n) is 5.39. The molecule has 0 spiro atoms. The summed E-state index contributed by atoms with van der Waals surface area (Å²) in [5, 5.41) is 9.21. The van der Waals surface area contributed by atoms with Crippen molar-refractivity contribution in [2.45, 2.75) is 44.0 Å². The van der Waals surface area contributed by atoms with Crippen LogP contribution in [0.25, 0.3) is 11.0 Å². The van der Waals surface area contributed by atoms with Gasteiger partial charge in [-0.3, -0.25) is 4.98 Å².